The first-order chi connectivity index (χ1) is 10.6. The van der Waals surface area contributed by atoms with Crippen molar-refractivity contribution < 1.29 is 19.4 Å². The van der Waals surface area contributed by atoms with Crippen molar-refractivity contribution in [2.75, 3.05) is 20.2 Å². The van der Waals surface area contributed by atoms with Crippen LogP contribution < -0.4 is 5.32 Å². The third kappa shape index (κ3) is 4.46. The Hall–Kier alpha value is -2.08. The van der Waals surface area contributed by atoms with Gasteiger partial charge in [-0.25, -0.2) is 4.79 Å². The Balaban J connectivity index is 1.87. The molecule has 0 spiro atoms. The molecule has 1 heterocycles. The van der Waals surface area contributed by atoms with Gasteiger partial charge in [0.1, 0.15) is 0 Å². The van der Waals surface area contributed by atoms with E-state index in [1.54, 1.807) is 12.0 Å². The first-order valence-electron chi connectivity index (χ1n) is 7.42. The maximum atomic E-state index is 12.1. The highest BCUT2D eigenvalue weighted by Crippen LogP contribution is 2.16. The molecule has 1 atom stereocenters. The fourth-order valence-electron chi connectivity index (χ4n) is 2.65. The molecule has 1 aromatic rings. The Kier molecular flexibility index (Phi) is 5.77. The van der Waals surface area contributed by atoms with Gasteiger partial charge in [-0.05, 0) is 24.0 Å². The van der Waals surface area contributed by atoms with Gasteiger partial charge in [0.05, 0.1) is 12.5 Å². The summed E-state index contributed by atoms with van der Waals surface area (Å²) >= 11 is 0. The van der Waals surface area contributed by atoms with Crippen molar-refractivity contribution in [1.29, 1.82) is 0 Å². The zero-order valence-electron chi connectivity index (χ0n) is 12.7. The van der Waals surface area contributed by atoms with Crippen LogP contribution in [-0.4, -0.2) is 42.2 Å². The topological polar surface area (TPSA) is 78.9 Å². The Morgan fingerprint density at radius 2 is 2.18 bits per heavy atom. The van der Waals surface area contributed by atoms with E-state index in [-0.39, 0.29) is 12.6 Å². The summed E-state index contributed by atoms with van der Waals surface area (Å²) in [4.78, 5) is 24.8. The summed E-state index contributed by atoms with van der Waals surface area (Å²) < 4.78 is 5.09. The number of aliphatic carboxylic acids is 1. The first-order valence-corrected chi connectivity index (χ1v) is 7.42. The van der Waals surface area contributed by atoms with Crippen LogP contribution in [0.2, 0.25) is 0 Å². The summed E-state index contributed by atoms with van der Waals surface area (Å²) in [5.74, 6) is -1.28. The number of likely N-dealkylation sites (tertiary alicyclic amines) is 1. The van der Waals surface area contributed by atoms with Crippen LogP contribution in [0.4, 0.5) is 4.79 Å². The fraction of sp³-hybridized carbons (Fsp3) is 0.500. The van der Waals surface area contributed by atoms with E-state index < -0.39 is 11.9 Å². The number of carbonyl (C=O) groups excluding carboxylic acids is 1. The standard InChI is InChI=1S/C16H22N2O4/c1-22-11-13-5-2-4-12(8-13)9-17-16(21)18-7-3-6-14(10-18)15(19)20/h2,4-5,8,14H,3,6-7,9-11H2,1H3,(H,17,21)(H,19,20). The number of rotatable bonds is 5. The van der Waals surface area contributed by atoms with Gasteiger partial charge in [-0.15, -0.1) is 0 Å². The highest BCUT2D eigenvalue weighted by atomic mass is 16.5. The number of hydrogen-bond acceptors (Lipinski definition) is 3. The summed E-state index contributed by atoms with van der Waals surface area (Å²) in [6, 6.07) is 7.62. The Bertz CT molecular complexity index is 533. The molecule has 0 aromatic heterocycles. The molecule has 1 fully saturated rings. The molecular weight excluding hydrogens is 284 g/mol. The second-order valence-corrected chi connectivity index (χ2v) is 5.54. The van der Waals surface area contributed by atoms with Crippen LogP contribution in [0.1, 0.15) is 24.0 Å². The zero-order valence-corrected chi connectivity index (χ0v) is 12.7. The first kappa shape index (κ1) is 16.3. The number of benzene rings is 1. The smallest absolute Gasteiger partial charge is 0.317 e. The van der Waals surface area contributed by atoms with Crippen molar-refractivity contribution in [3.8, 4) is 0 Å². The molecule has 6 heteroatoms. The molecule has 2 N–H and O–H groups in total. The Morgan fingerprint density at radius 1 is 1.41 bits per heavy atom. The summed E-state index contributed by atoms with van der Waals surface area (Å²) in [7, 11) is 1.64. The summed E-state index contributed by atoms with van der Waals surface area (Å²) in [6.45, 7) is 1.85. The highest BCUT2D eigenvalue weighted by Gasteiger charge is 2.27. The number of amides is 2. The number of urea groups is 1. The zero-order chi connectivity index (χ0) is 15.9. The molecule has 22 heavy (non-hydrogen) atoms. The van der Waals surface area contributed by atoms with E-state index in [1.807, 2.05) is 24.3 Å². The summed E-state index contributed by atoms with van der Waals surface area (Å²) in [6.07, 6.45) is 1.37. The number of nitrogens with one attached hydrogen (secondary N) is 1. The van der Waals surface area contributed by atoms with Crippen LogP contribution in [0.3, 0.4) is 0 Å². The second kappa shape index (κ2) is 7.79. The molecule has 0 saturated carbocycles. The highest BCUT2D eigenvalue weighted by molar-refractivity contribution is 5.76. The van der Waals surface area contributed by atoms with Crippen LogP contribution in [0.15, 0.2) is 24.3 Å². The molecule has 120 valence electrons. The van der Waals surface area contributed by atoms with Gasteiger partial charge in [-0.2, -0.15) is 0 Å². The minimum atomic E-state index is -0.829. The lowest BCUT2D eigenvalue weighted by molar-refractivity contribution is -0.143. The lowest BCUT2D eigenvalue weighted by Crippen LogP contribution is -2.46. The van der Waals surface area contributed by atoms with E-state index in [9.17, 15) is 9.59 Å². The Labute approximate surface area is 130 Å². The maximum Gasteiger partial charge on any atom is 0.317 e. The number of piperidine rings is 1. The van der Waals surface area contributed by atoms with Crippen molar-refractivity contribution in [3.63, 3.8) is 0 Å². The molecular formula is C16H22N2O4. The average molecular weight is 306 g/mol. The lowest BCUT2D eigenvalue weighted by Gasteiger charge is -2.30. The number of carboxylic acid groups (broad SMARTS) is 1. The normalized spacial score (nSPS) is 18.0. The third-order valence-electron chi connectivity index (χ3n) is 3.80. The molecule has 1 aliphatic heterocycles. The van der Waals surface area contributed by atoms with Crippen LogP contribution in [0, 0.1) is 5.92 Å². The van der Waals surface area contributed by atoms with Crippen LogP contribution in [0.5, 0.6) is 0 Å². The van der Waals surface area contributed by atoms with Gasteiger partial charge in [-0.3, -0.25) is 4.79 Å². The minimum Gasteiger partial charge on any atom is -0.481 e. The van der Waals surface area contributed by atoms with E-state index in [2.05, 4.69) is 5.32 Å². The molecule has 0 aliphatic carbocycles. The SMILES string of the molecule is COCc1cccc(CNC(=O)N2CCCC(C(=O)O)C2)c1. The molecule has 1 saturated heterocycles. The Morgan fingerprint density at radius 3 is 2.91 bits per heavy atom. The molecule has 1 aliphatic rings. The second-order valence-electron chi connectivity index (χ2n) is 5.54. The number of ether oxygens (including phenoxy) is 1. The fourth-order valence-corrected chi connectivity index (χ4v) is 2.65. The van der Waals surface area contributed by atoms with Gasteiger partial charge in [0.25, 0.3) is 0 Å². The summed E-state index contributed by atoms with van der Waals surface area (Å²) in [5.41, 5.74) is 2.05. The molecule has 0 bridgehead atoms. The van der Waals surface area contributed by atoms with Gasteiger partial charge in [0.15, 0.2) is 0 Å². The van der Waals surface area contributed by atoms with E-state index in [0.717, 1.165) is 17.5 Å². The predicted molar refractivity (Wildman–Crippen MR) is 81.3 cm³/mol. The number of carbonyl (C=O) groups is 2. The monoisotopic (exact) mass is 306 g/mol. The van der Waals surface area contributed by atoms with E-state index in [0.29, 0.717) is 26.1 Å². The number of methoxy groups -OCH3 is 1. The summed E-state index contributed by atoms with van der Waals surface area (Å²) in [5, 5.41) is 11.9. The van der Waals surface area contributed by atoms with Crippen molar-refractivity contribution >= 4 is 12.0 Å². The molecule has 2 rings (SSSR count). The number of nitrogens with zero attached hydrogens (tertiary/aromatic N) is 1. The predicted octanol–water partition coefficient (Wildman–Crippen LogP) is 1.84. The molecule has 6 nitrogen and oxygen atoms in total. The van der Waals surface area contributed by atoms with Gasteiger partial charge in [0.2, 0.25) is 0 Å². The van der Waals surface area contributed by atoms with E-state index in [4.69, 9.17) is 9.84 Å². The van der Waals surface area contributed by atoms with Gasteiger partial charge >= 0.3 is 12.0 Å². The number of hydrogen-bond donors (Lipinski definition) is 2. The van der Waals surface area contributed by atoms with Crippen molar-refractivity contribution in [2.45, 2.75) is 26.0 Å². The molecule has 1 aromatic carbocycles. The quantitative estimate of drug-likeness (QED) is 0.870. The minimum absolute atomic E-state index is 0.205. The molecule has 0 radical (unpaired) electrons. The molecule has 2 amide bonds. The maximum absolute atomic E-state index is 12.1. The van der Waals surface area contributed by atoms with Crippen molar-refractivity contribution in [2.24, 2.45) is 5.92 Å². The van der Waals surface area contributed by atoms with Gasteiger partial charge < -0.3 is 20.1 Å². The largest absolute Gasteiger partial charge is 0.481 e. The van der Waals surface area contributed by atoms with Crippen molar-refractivity contribution in [3.05, 3.63) is 35.4 Å². The van der Waals surface area contributed by atoms with Crippen LogP contribution in [0.25, 0.3) is 0 Å². The van der Waals surface area contributed by atoms with Crippen LogP contribution >= 0.6 is 0 Å². The van der Waals surface area contributed by atoms with E-state index >= 15 is 0 Å². The van der Waals surface area contributed by atoms with Crippen LogP contribution in [-0.2, 0) is 22.7 Å². The molecule has 1 unspecified atom stereocenters. The average Bonchev–Trinajstić information content (AvgIpc) is 2.53. The van der Waals surface area contributed by atoms with E-state index in [1.165, 1.54) is 0 Å². The third-order valence-corrected chi connectivity index (χ3v) is 3.80. The van der Waals surface area contributed by atoms with Gasteiger partial charge in [-0.1, -0.05) is 24.3 Å². The lowest BCUT2D eigenvalue weighted by atomic mass is 9.99. The van der Waals surface area contributed by atoms with Gasteiger partial charge in [0, 0.05) is 26.7 Å². The van der Waals surface area contributed by atoms with Crippen molar-refractivity contribution in [1.82, 2.24) is 10.2 Å². The number of carboxylic acids is 1.